The molecule has 4 fully saturated rings. The molecule has 0 spiro atoms. The van der Waals surface area contributed by atoms with Crippen molar-refractivity contribution in [2.24, 2.45) is 0 Å². The molecule has 1 amide bonds. The lowest BCUT2D eigenvalue weighted by molar-refractivity contribution is 0.00897. The number of fused-ring (bicyclic) bond motifs is 2. The van der Waals surface area contributed by atoms with Crippen molar-refractivity contribution in [1.82, 2.24) is 39.4 Å². The van der Waals surface area contributed by atoms with Crippen molar-refractivity contribution < 1.29 is 9.53 Å². The molecule has 8 heterocycles. The molecule has 53 heavy (non-hydrogen) atoms. The molecule has 0 aliphatic carbocycles. The van der Waals surface area contributed by atoms with E-state index in [9.17, 15) is 4.79 Å². The highest BCUT2D eigenvalue weighted by atomic mass is 16.6. The molecule has 0 unspecified atom stereocenters. The van der Waals surface area contributed by atoms with E-state index in [0.29, 0.717) is 12.6 Å². The van der Waals surface area contributed by atoms with Gasteiger partial charge in [-0.05, 0) is 126 Å². The van der Waals surface area contributed by atoms with Crippen molar-refractivity contribution in [2.75, 3.05) is 49.1 Å². The molecule has 4 aromatic rings. The molecule has 4 aliphatic rings. The Bertz CT molecular complexity index is 1890. The first kappa shape index (κ1) is 37.4. The fraction of sp³-hybridized carbons (Fsp3) is 0.683. The normalized spacial score (nSPS) is 21.5. The second-order valence-electron chi connectivity index (χ2n) is 16.8. The number of amides is 1. The van der Waals surface area contributed by atoms with E-state index < -0.39 is 5.60 Å². The minimum absolute atomic E-state index is 0.0647. The number of carbonyl (C=O) groups excluding carboxylic acids is 1. The van der Waals surface area contributed by atoms with Crippen molar-refractivity contribution in [3.8, 4) is 0 Å². The molecule has 288 valence electrons. The van der Waals surface area contributed by atoms with Crippen LogP contribution in [0.1, 0.15) is 144 Å². The van der Waals surface area contributed by atoms with Crippen LogP contribution in [0.5, 0.6) is 0 Å². The third kappa shape index (κ3) is 8.12. The highest BCUT2D eigenvalue weighted by Gasteiger charge is 2.34. The molecular weight excluding hydrogens is 665 g/mol. The summed E-state index contributed by atoms with van der Waals surface area (Å²) in [5, 5.41) is 13.6. The molecule has 0 bridgehead atoms. The number of hydrogen-bond acceptors (Lipinski definition) is 9. The summed E-state index contributed by atoms with van der Waals surface area (Å²) >= 11 is 0. The van der Waals surface area contributed by atoms with Crippen LogP contribution in [0.3, 0.4) is 0 Å². The van der Waals surface area contributed by atoms with Gasteiger partial charge in [-0.3, -0.25) is 4.90 Å². The van der Waals surface area contributed by atoms with Gasteiger partial charge in [-0.15, -0.1) is 0 Å². The van der Waals surface area contributed by atoms with E-state index in [1.165, 1.54) is 74.7 Å². The lowest BCUT2D eigenvalue weighted by atomic mass is 10.00. The number of carbonyl (C=O) groups is 1. The average molecular weight is 727 g/mol. The molecule has 0 aromatic carbocycles. The maximum Gasteiger partial charge on any atom is 0.410 e. The second kappa shape index (κ2) is 15.8. The summed E-state index contributed by atoms with van der Waals surface area (Å²) in [4.78, 5) is 29.3. The van der Waals surface area contributed by atoms with Crippen molar-refractivity contribution in [1.29, 1.82) is 0 Å². The van der Waals surface area contributed by atoms with Crippen LogP contribution in [0.4, 0.5) is 16.4 Å². The number of aromatic nitrogens is 6. The Kier molecular flexibility index (Phi) is 11.2. The maximum absolute atomic E-state index is 12.9. The Hall–Kier alpha value is -3.93. The number of piperidine rings is 4. The quantitative estimate of drug-likeness (QED) is 0.224. The van der Waals surface area contributed by atoms with Crippen molar-refractivity contribution in [3.05, 3.63) is 46.0 Å². The van der Waals surface area contributed by atoms with E-state index in [2.05, 4.69) is 59.5 Å². The van der Waals surface area contributed by atoms with Gasteiger partial charge >= 0.3 is 6.09 Å². The molecule has 0 saturated carbocycles. The predicted octanol–water partition coefficient (Wildman–Crippen LogP) is 7.95. The molecule has 0 radical (unpaired) electrons. The molecule has 4 saturated heterocycles. The summed E-state index contributed by atoms with van der Waals surface area (Å²) in [6.07, 6.45) is 14.1. The molecule has 2 atom stereocenters. The number of aryl methyl sites for hydroxylation is 2. The Labute approximate surface area is 315 Å². The minimum atomic E-state index is -0.505. The lowest BCUT2D eigenvalue weighted by Gasteiger charge is -2.35. The number of anilines is 2. The van der Waals surface area contributed by atoms with Crippen LogP contribution in [-0.4, -0.2) is 85.1 Å². The number of nitrogens with zero attached hydrogens (tertiary/aromatic N) is 9. The van der Waals surface area contributed by atoms with E-state index >= 15 is 0 Å². The highest BCUT2D eigenvalue weighted by Crippen LogP contribution is 2.34. The van der Waals surface area contributed by atoms with Gasteiger partial charge in [0, 0.05) is 67.4 Å². The van der Waals surface area contributed by atoms with Crippen LogP contribution in [-0.2, 0) is 4.74 Å². The average Bonchev–Trinajstić information content (AvgIpc) is 3.77. The fourth-order valence-electron chi connectivity index (χ4n) is 8.57. The van der Waals surface area contributed by atoms with Crippen LogP contribution < -0.4 is 15.1 Å². The van der Waals surface area contributed by atoms with Gasteiger partial charge in [0.25, 0.3) is 0 Å². The summed E-state index contributed by atoms with van der Waals surface area (Å²) in [7, 11) is 0. The monoisotopic (exact) mass is 727 g/mol. The van der Waals surface area contributed by atoms with E-state index in [1.54, 1.807) is 0 Å². The maximum atomic E-state index is 12.9. The Morgan fingerprint density at radius 1 is 0.679 bits per heavy atom. The molecule has 12 heteroatoms. The summed E-state index contributed by atoms with van der Waals surface area (Å²) in [5.41, 5.74) is 8.05. The Morgan fingerprint density at radius 3 is 1.72 bits per heavy atom. The fourth-order valence-corrected chi connectivity index (χ4v) is 8.57. The van der Waals surface area contributed by atoms with Crippen LogP contribution in [0.2, 0.25) is 0 Å². The zero-order chi connectivity index (χ0) is 37.3. The molecular formula is C41H62N10O2. The van der Waals surface area contributed by atoms with Gasteiger partial charge in [-0.1, -0.05) is 6.42 Å². The zero-order valence-electron chi connectivity index (χ0n) is 33.4. The highest BCUT2D eigenvalue weighted by molar-refractivity contribution is 5.69. The van der Waals surface area contributed by atoms with Gasteiger partial charge in [-0.25, -0.2) is 14.8 Å². The third-order valence-electron chi connectivity index (χ3n) is 11.6. The first-order valence-corrected chi connectivity index (χ1v) is 20.4. The number of rotatable bonds is 4. The van der Waals surface area contributed by atoms with Crippen molar-refractivity contribution in [3.63, 3.8) is 0 Å². The van der Waals surface area contributed by atoms with Crippen LogP contribution in [0.25, 0.3) is 11.3 Å². The number of likely N-dealkylation sites (tertiary alicyclic amines) is 1. The van der Waals surface area contributed by atoms with Gasteiger partial charge in [0.2, 0.25) is 0 Å². The van der Waals surface area contributed by atoms with Crippen LogP contribution >= 0.6 is 0 Å². The van der Waals surface area contributed by atoms with E-state index in [-0.39, 0.29) is 12.1 Å². The summed E-state index contributed by atoms with van der Waals surface area (Å²) in [5.74, 6) is 2.41. The SMILES string of the molecule is Cc1nc2cc([C@@H]3CCCCN3)nn2c(N2CCCCC2)c1C.Cc1nc2cc([C@@H]3CCCCN3C(=O)OC(C)(C)C)nn2c(N2CCCCC2)c1C. The molecule has 1 N–H and O–H groups in total. The topological polar surface area (TPSA) is 108 Å². The standard InChI is InChI=1S/C23H35N5O2.C18H27N5/c1-16-17(2)24-20-15-18(25-28(20)21(16)26-12-8-6-9-13-26)19-11-7-10-14-27(19)22(29)30-23(3,4)5;1-13-14(2)20-17-12-16(15-8-4-5-9-19-15)21-23(17)18(13)22-10-6-3-7-11-22/h15,19H,6-14H2,1-5H3;12,15,19H,3-11H2,1-2H3/t19-;15-/m00/s1. The Balaban J connectivity index is 0.000000170. The molecule has 4 aromatic heterocycles. The summed E-state index contributed by atoms with van der Waals surface area (Å²) in [6.45, 7) is 20.4. The lowest BCUT2D eigenvalue weighted by Crippen LogP contribution is -2.42. The van der Waals surface area contributed by atoms with Gasteiger partial charge in [-0.2, -0.15) is 19.2 Å². The number of nitrogens with one attached hydrogen (secondary N) is 1. The first-order valence-electron chi connectivity index (χ1n) is 20.4. The van der Waals surface area contributed by atoms with E-state index in [0.717, 1.165) is 91.9 Å². The number of hydrogen-bond donors (Lipinski definition) is 1. The third-order valence-corrected chi connectivity index (χ3v) is 11.6. The van der Waals surface area contributed by atoms with E-state index in [1.807, 2.05) is 30.2 Å². The summed E-state index contributed by atoms with van der Waals surface area (Å²) < 4.78 is 9.79. The minimum Gasteiger partial charge on any atom is -0.444 e. The molecule has 12 nitrogen and oxygen atoms in total. The number of ether oxygens (including phenoxy) is 1. The van der Waals surface area contributed by atoms with Crippen molar-refractivity contribution in [2.45, 2.75) is 143 Å². The van der Waals surface area contributed by atoms with Gasteiger partial charge in [0.15, 0.2) is 11.3 Å². The first-order chi connectivity index (χ1) is 25.5. The smallest absolute Gasteiger partial charge is 0.410 e. The summed E-state index contributed by atoms with van der Waals surface area (Å²) in [6, 6.07) is 4.57. The van der Waals surface area contributed by atoms with Crippen LogP contribution in [0, 0.1) is 27.7 Å². The van der Waals surface area contributed by atoms with Crippen LogP contribution in [0.15, 0.2) is 12.1 Å². The van der Waals surface area contributed by atoms with Gasteiger partial charge in [0.1, 0.15) is 17.2 Å². The van der Waals surface area contributed by atoms with Gasteiger partial charge in [0.05, 0.1) is 23.5 Å². The predicted molar refractivity (Wildman–Crippen MR) is 211 cm³/mol. The van der Waals surface area contributed by atoms with E-state index in [4.69, 9.17) is 24.9 Å². The van der Waals surface area contributed by atoms with Gasteiger partial charge < -0.3 is 19.9 Å². The molecule has 8 rings (SSSR count). The second-order valence-corrected chi connectivity index (χ2v) is 16.8. The Morgan fingerprint density at radius 2 is 1.19 bits per heavy atom. The zero-order valence-corrected chi connectivity index (χ0v) is 33.4. The largest absolute Gasteiger partial charge is 0.444 e. The molecule has 4 aliphatic heterocycles. The van der Waals surface area contributed by atoms with Crippen molar-refractivity contribution >= 4 is 29.0 Å².